The number of nitrogens with zero attached hydrogens (tertiary/aromatic N) is 6. The minimum Gasteiger partial charge on any atom is -0.492 e. The topological polar surface area (TPSA) is 91.8 Å². The van der Waals surface area contributed by atoms with Gasteiger partial charge in [-0.3, -0.25) is 14.6 Å². The Kier molecular flexibility index (Phi) is 9.46. The van der Waals surface area contributed by atoms with Gasteiger partial charge in [-0.25, -0.2) is 18.7 Å². The van der Waals surface area contributed by atoms with Crippen molar-refractivity contribution in [3.8, 4) is 5.75 Å². The third-order valence-electron chi connectivity index (χ3n) is 8.93. The van der Waals surface area contributed by atoms with E-state index in [2.05, 4.69) is 19.9 Å². The van der Waals surface area contributed by atoms with Crippen LogP contribution < -0.4 is 9.64 Å². The fourth-order valence-electron chi connectivity index (χ4n) is 6.28. The number of hydrogen-bond donors (Lipinski definition) is 0. The summed E-state index contributed by atoms with van der Waals surface area (Å²) in [6.07, 6.45) is 8.75. The third kappa shape index (κ3) is 7.14. The van der Waals surface area contributed by atoms with E-state index in [1.165, 1.54) is 0 Å². The Hall–Kier alpha value is -4.93. The molecule has 238 valence electrons. The molecule has 0 unspecified atom stereocenters. The number of amides is 2. The Labute approximate surface area is 266 Å². The Balaban J connectivity index is 1.27. The van der Waals surface area contributed by atoms with Crippen molar-refractivity contribution in [1.29, 1.82) is 0 Å². The molecule has 0 aliphatic carbocycles. The smallest absolute Gasteiger partial charge is 0.275 e. The highest BCUT2D eigenvalue weighted by molar-refractivity contribution is 5.97. The first kappa shape index (κ1) is 31.1. The number of halogens is 2. The molecule has 0 atom stereocenters. The van der Waals surface area contributed by atoms with Crippen LogP contribution >= 0.6 is 0 Å². The van der Waals surface area contributed by atoms with E-state index in [1.807, 2.05) is 53.4 Å². The van der Waals surface area contributed by atoms with Gasteiger partial charge in [0.05, 0.1) is 24.6 Å². The van der Waals surface area contributed by atoms with Crippen molar-refractivity contribution in [3.05, 3.63) is 114 Å². The highest BCUT2D eigenvalue weighted by atomic mass is 19.1. The van der Waals surface area contributed by atoms with E-state index in [0.29, 0.717) is 76.1 Å². The summed E-state index contributed by atoms with van der Waals surface area (Å²) in [6, 6.07) is 17.9. The summed E-state index contributed by atoms with van der Waals surface area (Å²) in [5, 5.41) is 0. The van der Waals surface area contributed by atoms with Gasteiger partial charge < -0.3 is 19.4 Å². The lowest BCUT2D eigenvalue weighted by atomic mass is 9.75. The van der Waals surface area contributed by atoms with Crippen LogP contribution in [0.15, 0.2) is 85.5 Å². The fourth-order valence-corrected chi connectivity index (χ4v) is 6.28. The molecule has 0 bridgehead atoms. The molecule has 1 saturated heterocycles. The molecule has 2 aromatic carbocycles. The second-order valence-corrected chi connectivity index (χ2v) is 11.9. The fraction of sp³-hybridized carbons (Fsp3) is 0.343. The monoisotopic (exact) mass is 626 g/mol. The first-order chi connectivity index (χ1) is 22.4. The quantitative estimate of drug-likeness (QED) is 0.300. The predicted octanol–water partition coefficient (Wildman–Crippen LogP) is 5.39. The molecule has 1 spiro atoms. The van der Waals surface area contributed by atoms with Gasteiger partial charge in [0.1, 0.15) is 17.4 Å². The Bertz CT molecular complexity index is 1650. The summed E-state index contributed by atoms with van der Waals surface area (Å²) >= 11 is 0. The van der Waals surface area contributed by atoms with Crippen LogP contribution in [0, 0.1) is 17.0 Å². The van der Waals surface area contributed by atoms with Gasteiger partial charge in [0, 0.05) is 63.1 Å². The van der Waals surface area contributed by atoms with Crippen molar-refractivity contribution in [1.82, 2.24) is 24.8 Å². The molecule has 2 aromatic heterocycles. The van der Waals surface area contributed by atoms with Crippen LogP contribution in [-0.4, -0.2) is 75.9 Å². The van der Waals surface area contributed by atoms with Crippen LogP contribution in [-0.2, 0) is 6.54 Å². The van der Waals surface area contributed by atoms with Gasteiger partial charge >= 0.3 is 0 Å². The number of carbonyl (C=O) groups excluding carboxylic acids is 2. The number of hydrogen-bond acceptors (Lipinski definition) is 7. The molecule has 2 aliphatic heterocycles. The first-order valence-electron chi connectivity index (χ1n) is 15.6. The number of aromatic nitrogens is 3. The maximum Gasteiger partial charge on any atom is 0.275 e. The van der Waals surface area contributed by atoms with Crippen LogP contribution in [0.5, 0.6) is 5.75 Å². The average molecular weight is 627 g/mol. The van der Waals surface area contributed by atoms with Crippen molar-refractivity contribution in [3.63, 3.8) is 0 Å². The Morgan fingerprint density at radius 1 is 0.870 bits per heavy atom. The molecule has 0 radical (unpaired) electrons. The van der Waals surface area contributed by atoms with Crippen molar-refractivity contribution in [2.24, 2.45) is 5.41 Å². The van der Waals surface area contributed by atoms with E-state index in [0.717, 1.165) is 30.4 Å². The normalized spacial score (nSPS) is 17.3. The zero-order valence-electron chi connectivity index (χ0n) is 25.5. The number of piperidine rings is 1. The summed E-state index contributed by atoms with van der Waals surface area (Å²) < 4.78 is 34.3. The van der Waals surface area contributed by atoms with Crippen LogP contribution in [0.25, 0.3) is 0 Å². The standard InChI is InChI=1S/C35H36F2N6O3/c36-27-21-29(37)32(40-22-27)34(45)42-17-12-35(13-18-42)11-6-16-41(31-23-38-14-15-39-31)19-20-43(24-26-7-2-1-3-8-26)33(44)28-9-4-5-10-30(28)46-25-35/h1-5,7-10,14-15,21-23H,6,11-13,16-20,24-25H2. The number of likely N-dealkylation sites (tertiary alicyclic amines) is 1. The van der Waals surface area contributed by atoms with Gasteiger partial charge in [-0.15, -0.1) is 0 Å². The lowest BCUT2D eigenvalue weighted by Gasteiger charge is -2.42. The maximum atomic E-state index is 14.4. The Morgan fingerprint density at radius 3 is 2.41 bits per heavy atom. The minimum absolute atomic E-state index is 0.124. The minimum atomic E-state index is -0.970. The van der Waals surface area contributed by atoms with Crippen molar-refractivity contribution in [2.75, 3.05) is 44.2 Å². The molecule has 11 heteroatoms. The maximum absolute atomic E-state index is 14.4. The Morgan fingerprint density at radius 2 is 1.65 bits per heavy atom. The van der Waals surface area contributed by atoms with Crippen molar-refractivity contribution in [2.45, 2.75) is 32.2 Å². The molecule has 2 amide bonds. The number of rotatable bonds is 4. The first-order valence-corrected chi connectivity index (χ1v) is 15.6. The van der Waals surface area contributed by atoms with Gasteiger partial charge in [0.25, 0.3) is 11.8 Å². The number of carbonyl (C=O) groups is 2. The van der Waals surface area contributed by atoms with E-state index in [-0.39, 0.29) is 17.0 Å². The lowest BCUT2D eigenvalue weighted by Crippen LogP contribution is -2.46. The number of ether oxygens (including phenoxy) is 1. The third-order valence-corrected chi connectivity index (χ3v) is 8.93. The molecule has 2 aliphatic rings. The molecule has 0 saturated carbocycles. The highest BCUT2D eigenvalue weighted by Crippen LogP contribution is 2.38. The molecular weight excluding hydrogens is 590 g/mol. The number of fused-ring (bicyclic) bond motifs is 1. The summed E-state index contributed by atoms with van der Waals surface area (Å²) in [5.41, 5.74) is 0.841. The molecule has 9 nitrogen and oxygen atoms in total. The second-order valence-electron chi connectivity index (χ2n) is 11.9. The van der Waals surface area contributed by atoms with E-state index >= 15 is 0 Å². The summed E-state index contributed by atoms with van der Waals surface area (Å²) in [5.74, 6) is -1.22. The largest absolute Gasteiger partial charge is 0.492 e. The zero-order valence-corrected chi connectivity index (χ0v) is 25.5. The second kappa shape index (κ2) is 14.0. The van der Waals surface area contributed by atoms with Crippen LogP contribution in [0.4, 0.5) is 14.6 Å². The number of benzene rings is 2. The van der Waals surface area contributed by atoms with Crippen LogP contribution in [0.2, 0.25) is 0 Å². The van der Waals surface area contributed by atoms with E-state index < -0.39 is 17.5 Å². The number of anilines is 1. The van der Waals surface area contributed by atoms with Crippen LogP contribution in [0.3, 0.4) is 0 Å². The molecule has 4 aromatic rings. The molecule has 0 N–H and O–H groups in total. The van der Waals surface area contributed by atoms with Crippen molar-refractivity contribution >= 4 is 17.6 Å². The van der Waals surface area contributed by atoms with Crippen LogP contribution in [0.1, 0.15) is 52.1 Å². The summed E-state index contributed by atoms with van der Waals surface area (Å²) in [4.78, 5) is 45.4. The predicted molar refractivity (Wildman–Crippen MR) is 168 cm³/mol. The lowest BCUT2D eigenvalue weighted by molar-refractivity contribution is 0.0357. The summed E-state index contributed by atoms with van der Waals surface area (Å²) in [7, 11) is 0. The number of para-hydroxylation sites is 1. The molecular formula is C35H36F2N6O3. The van der Waals surface area contributed by atoms with Crippen molar-refractivity contribution < 1.29 is 23.1 Å². The molecule has 1 fully saturated rings. The highest BCUT2D eigenvalue weighted by Gasteiger charge is 2.38. The van der Waals surface area contributed by atoms with Gasteiger partial charge in [-0.05, 0) is 43.4 Å². The van der Waals surface area contributed by atoms with E-state index in [1.54, 1.807) is 29.6 Å². The SMILES string of the molecule is O=C1c2ccccc2OCC2(CCCN(c3cnccn3)CCN1Cc1ccccc1)CCN(C(=O)c1ncc(F)cc1F)CC2. The van der Waals surface area contributed by atoms with E-state index in [4.69, 9.17) is 4.74 Å². The molecule has 6 rings (SSSR count). The number of pyridine rings is 1. The van der Waals surface area contributed by atoms with Gasteiger partial charge in [0.15, 0.2) is 11.5 Å². The summed E-state index contributed by atoms with van der Waals surface area (Å²) in [6.45, 7) is 3.26. The van der Waals surface area contributed by atoms with Gasteiger partial charge in [-0.2, -0.15) is 0 Å². The van der Waals surface area contributed by atoms with E-state index in [9.17, 15) is 18.4 Å². The van der Waals surface area contributed by atoms with Gasteiger partial charge in [0.2, 0.25) is 0 Å². The van der Waals surface area contributed by atoms with Gasteiger partial charge in [-0.1, -0.05) is 42.5 Å². The molecule has 46 heavy (non-hydrogen) atoms. The molecule has 4 heterocycles. The average Bonchev–Trinajstić information content (AvgIpc) is 3.09. The zero-order chi connectivity index (χ0) is 31.9.